The molecule has 1 saturated heterocycles. The molecule has 0 bridgehead atoms. The molecule has 0 aliphatic carbocycles. The van der Waals surface area contributed by atoms with Crippen molar-refractivity contribution >= 4 is 44.6 Å². The predicted molar refractivity (Wildman–Crippen MR) is 120 cm³/mol. The number of ether oxygens (including phenoxy) is 1. The lowest BCUT2D eigenvalue weighted by Crippen LogP contribution is -2.43. The van der Waals surface area contributed by atoms with E-state index in [0.29, 0.717) is 53.1 Å². The highest BCUT2D eigenvalue weighted by atomic mass is 35.5. The number of nitrogens with zero attached hydrogens (tertiary/aromatic N) is 3. The van der Waals surface area contributed by atoms with Crippen molar-refractivity contribution in [2.75, 3.05) is 25.5 Å². The Morgan fingerprint density at radius 3 is 2.88 bits per heavy atom. The van der Waals surface area contributed by atoms with Crippen molar-refractivity contribution in [3.05, 3.63) is 40.6 Å². The molecule has 1 atom stereocenters. The fourth-order valence-corrected chi connectivity index (χ4v) is 6.57. The number of sulfonamides is 1. The molecule has 0 spiro atoms. The summed E-state index contributed by atoms with van der Waals surface area (Å²) in [5, 5.41) is 8.70. The summed E-state index contributed by atoms with van der Waals surface area (Å²) in [5.74, 6) is 0.526. The number of piperidine rings is 1. The number of methoxy groups -OCH3 is 1. The Morgan fingerprint density at radius 1 is 1.38 bits per heavy atom. The van der Waals surface area contributed by atoms with Crippen LogP contribution in [0.15, 0.2) is 38.4 Å². The average Bonchev–Trinajstić information content (AvgIpc) is 3.43. The first-order valence-corrected chi connectivity index (χ1v) is 12.5. The maximum atomic E-state index is 13.2. The molecule has 9 nitrogen and oxygen atoms in total. The number of nitrogens with one attached hydrogen (secondary N) is 1. The van der Waals surface area contributed by atoms with Crippen molar-refractivity contribution in [2.45, 2.75) is 24.0 Å². The summed E-state index contributed by atoms with van der Waals surface area (Å²) in [6.45, 7) is 2.13. The Morgan fingerprint density at radius 2 is 2.19 bits per heavy atom. The molecule has 12 heteroatoms. The molecule has 2 aromatic heterocycles. The van der Waals surface area contributed by atoms with Gasteiger partial charge in [0.15, 0.2) is 0 Å². The number of aryl methyl sites for hydroxylation is 1. The van der Waals surface area contributed by atoms with Gasteiger partial charge in [0.25, 0.3) is 10.0 Å². The second kappa shape index (κ2) is 9.18. The smallest absolute Gasteiger partial charge is 0.252 e. The Labute approximate surface area is 194 Å². The summed E-state index contributed by atoms with van der Waals surface area (Å²) in [7, 11) is -2.24. The van der Waals surface area contributed by atoms with E-state index in [0.717, 1.165) is 11.3 Å². The summed E-state index contributed by atoms with van der Waals surface area (Å²) >= 11 is 7.21. The van der Waals surface area contributed by atoms with Gasteiger partial charge in [0.2, 0.25) is 17.6 Å². The SMILES string of the molecule is COc1ccc(NC(=O)C2CCCN(S(=O)(=O)c3cc(-c4noc(C)n4)cs3)C2)cc1Cl. The minimum atomic E-state index is -3.75. The minimum absolute atomic E-state index is 0.104. The van der Waals surface area contributed by atoms with Crippen molar-refractivity contribution < 1.29 is 22.5 Å². The highest BCUT2D eigenvalue weighted by Gasteiger charge is 2.34. The molecule has 0 saturated carbocycles. The number of halogens is 1. The van der Waals surface area contributed by atoms with E-state index < -0.39 is 15.9 Å². The van der Waals surface area contributed by atoms with Gasteiger partial charge in [0.05, 0.1) is 18.1 Å². The second-order valence-corrected chi connectivity index (χ2v) is 10.8. The first kappa shape index (κ1) is 22.7. The number of hydrogen-bond donors (Lipinski definition) is 1. The normalized spacial score (nSPS) is 17.3. The molecule has 3 heterocycles. The van der Waals surface area contributed by atoms with E-state index in [-0.39, 0.29) is 16.7 Å². The van der Waals surface area contributed by atoms with Crippen LogP contribution in [0, 0.1) is 12.8 Å². The summed E-state index contributed by atoms with van der Waals surface area (Å²) in [5.41, 5.74) is 1.10. The molecule has 32 heavy (non-hydrogen) atoms. The van der Waals surface area contributed by atoms with Crippen LogP contribution in [-0.2, 0) is 14.8 Å². The summed E-state index contributed by atoms with van der Waals surface area (Å²) in [6, 6.07) is 6.48. The lowest BCUT2D eigenvalue weighted by molar-refractivity contribution is -0.120. The zero-order chi connectivity index (χ0) is 22.9. The molecule has 1 unspecified atom stereocenters. The van der Waals surface area contributed by atoms with E-state index in [2.05, 4.69) is 15.5 Å². The number of amides is 1. The van der Waals surface area contributed by atoms with E-state index in [1.54, 1.807) is 30.5 Å². The first-order chi connectivity index (χ1) is 15.3. The molecule has 1 aromatic carbocycles. The molecule has 3 aromatic rings. The fraction of sp³-hybridized carbons (Fsp3) is 0.350. The van der Waals surface area contributed by atoms with Crippen LogP contribution >= 0.6 is 22.9 Å². The van der Waals surface area contributed by atoms with Gasteiger partial charge < -0.3 is 14.6 Å². The number of rotatable bonds is 6. The Kier molecular flexibility index (Phi) is 6.52. The van der Waals surface area contributed by atoms with E-state index in [4.69, 9.17) is 20.9 Å². The van der Waals surface area contributed by atoms with Gasteiger partial charge in [-0.1, -0.05) is 16.8 Å². The molecule has 1 amide bonds. The van der Waals surface area contributed by atoms with Gasteiger partial charge in [-0.05, 0) is 37.1 Å². The fourth-order valence-electron chi connectivity index (χ4n) is 3.48. The number of anilines is 1. The van der Waals surface area contributed by atoms with Gasteiger partial charge in [-0.3, -0.25) is 4.79 Å². The molecule has 1 N–H and O–H groups in total. The maximum absolute atomic E-state index is 13.2. The van der Waals surface area contributed by atoms with Crippen molar-refractivity contribution in [1.82, 2.24) is 14.4 Å². The molecule has 170 valence electrons. The van der Waals surface area contributed by atoms with Gasteiger partial charge in [0.1, 0.15) is 9.96 Å². The van der Waals surface area contributed by atoms with Crippen LogP contribution in [0.5, 0.6) is 5.75 Å². The van der Waals surface area contributed by atoms with Crippen LogP contribution in [-0.4, -0.2) is 49.0 Å². The molecule has 4 rings (SSSR count). The lowest BCUT2D eigenvalue weighted by atomic mass is 9.98. The van der Waals surface area contributed by atoms with Gasteiger partial charge in [-0.15, -0.1) is 11.3 Å². The van der Waals surface area contributed by atoms with E-state index in [1.807, 2.05) is 0 Å². The second-order valence-electron chi connectivity index (χ2n) is 7.33. The zero-order valence-corrected chi connectivity index (χ0v) is 19.8. The molecular weight excluding hydrogens is 476 g/mol. The van der Waals surface area contributed by atoms with E-state index in [1.165, 1.54) is 17.5 Å². The third-order valence-corrected chi connectivity index (χ3v) is 8.71. The minimum Gasteiger partial charge on any atom is -0.495 e. The number of aromatic nitrogens is 2. The number of hydrogen-bond acceptors (Lipinski definition) is 8. The van der Waals surface area contributed by atoms with Crippen molar-refractivity contribution in [1.29, 1.82) is 0 Å². The third kappa shape index (κ3) is 4.65. The largest absolute Gasteiger partial charge is 0.495 e. The van der Waals surface area contributed by atoms with Gasteiger partial charge >= 0.3 is 0 Å². The number of carbonyl (C=O) groups excluding carboxylic acids is 1. The van der Waals surface area contributed by atoms with Crippen LogP contribution in [0.1, 0.15) is 18.7 Å². The Hall–Kier alpha value is -2.47. The quantitative estimate of drug-likeness (QED) is 0.551. The average molecular weight is 497 g/mol. The van der Waals surface area contributed by atoms with Crippen LogP contribution in [0.2, 0.25) is 5.02 Å². The van der Waals surface area contributed by atoms with Gasteiger partial charge in [-0.25, -0.2) is 8.42 Å². The highest BCUT2D eigenvalue weighted by Crippen LogP contribution is 2.32. The monoisotopic (exact) mass is 496 g/mol. The number of benzene rings is 1. The number of thiophene rings is 1. The molecule has 1 aliphatic rings. The molecule has 0 radical (unpaired) electrons. The summed E-state index contributed by atoms with van der Waals surface area (Å²) in [6.07, 6.45) is 1.18. The van der Waals surface area contributed by atoms with Crippen LogP contribution in [0.25, 0.3) is 11.4 Å². The van der Waals surface area contributed by atoms with Crippen molar-refractivity contribution in [3.63, 3.8) is 0 Å². The van der Waals surface area contributed by atoms with E-state index in [9.17, 15) is 13.2 Å². The molecular formula is C20H21ClN4O5S2. The van der Waals surface area contributed by atoms with Gasteiger partial charge in [0, 0.05) is 36.6 Å². The highest BCUT2D eigenvalue weighted by molar-refractivity contribution is 7.91. The Balaban J connectivity index is 1.46. The molecule has 1 fully saturated rings. The lowest BCUT2D eigenvalue weighted by Gasteiger charge is -2.30. The zero-order valence-electron chi connectivity index (χ0n) is 17.4. The standard InChI is InChI=1S/C20H21ClN4O5S2/c1-12-22-19(24-30-12)14-8-18(31-11-14)32(27,28)25-7-3-4-13(10-25)20(26)23-15-5-6-17(29-2)16(21)9-15/h5-6,8-9,11,13H,3-4,7,10H2,1-2H3,(H,23,26). The van der Waals surface area contributed by atoms with Crippen LogP contribution in [0.3, 0.4) is 0 Å². The van der Waals surface area contributed by atoms with Crippen LogP contribution in [0.4, 0.5) is 5.69 Å². The third-order valence-electron chi connectivity index (χ3n) is 5.13. The maximum Gasteiger partial charge on any atom is 0.252 e. The topological polar surface area (TPSA) is 115 Å². The van der Waals surface area contributed by atoms with Crippen LogP contribution < -0.4 is 10.1 Å². The predicted octanol–water partition coefficient (Wildman–Crippen LogP) is 3.81. The molecule has 1 aliphatic heterocycles. The summed E-state index contributed by atoms with van der Waals surface area (Å²) in [4.78, 5) is 16.9. The Bertz CT molecular complexity index is 1240. The first-order valence-electron chi connectivity index (χ1n) is 9.81. The van der Waals surface area contributed by atoms with E-state index >= 15 is 0 Å². The van der Waals surface area contributed by atoms with Crippen molar-refractivity contribution in [3.8, 4) is 17.1 Å². The van der Waals surface area contributed by atoms with Crippen molar-refractivity contribution in [2.24, 2.45) is 5.92 Å². The number of carbonyl (C=O) groups is 1. The summed E-state index contributed by atoms with van der Waals surface area (Å²) < 4.78 is 38.0. The van der Waals surface area contributed by atoms with Gasteiger partial charge in [-0.2, -0.15) is 9.29 Å².